The van der Waals surface area contributed by atoms with Crippen LogP contribution in [0.1, 0.15) is 19.2 Å². The molecule has 0 aliphatic carbocycles. The lowest BCUT2D eigenvalue weighted by Gasteiger charge is -2.10. The van der Waals surface area contributed by atoms with Crippen molar-refractivity contribution in [3.8, 4) is 11.4 Å². The molecule has 0 radical (unpaired) electrons. The van der Waals surface area contributed by atoms with Crippen LogP contribution in [0.2, 0.25) is 5.02 Å². The van der Waals surface area contributed by atoms with E-state index in [1.165, 1.54) is 0 Å². The third-order valence-corrected chi connectivity index (χ3v) is 3.60. The minimum absolute atomic E-state index is 0.538. The quantitative estimate of drug-likeness (QED) is 0.403. The molecule has 0 spiro atoms. The van der Waals surface area contributed by atoms with Crippen LogP contribution < -0.4 is 10.6 Å². The largest absolute Gasteiger partial charge is 0.382 e. The van der Waals surface area contributed by atoms with E-state index < -0.39 is 0 Å². The summed E-state index contributed by atoms with van der Waals surface area (Å²) in [6, 6.07) is 7.37. The molecule has 0 unspecified atom stereocenters. The van der Waals surface area contributed by atoms with Crippen molar-refractivity contribution in [3.05, 3.63) is 35.2 Å². The summed E-state index contributed by atoms with van der Waals surface area (Å²) in [5.41, 5.74) is 0.835. The maximum absolute atomic E-state index is 5.98. The summed E-state index contributed by atoms with van der Waals surface area (Å²) in [4.78, 5) is 8.56. The van der Waals surface area contributed by atoms with Crippen LogP contribution in [0.4, 0.5) is 0 Å². The Morgan fingerprint density at radius 2 is 2.16 bits per heavy atom. The molecule has 0 fully saturated rings. The highest BCUT2D eigenvalue weighted by Crippen LogP contribution is 2.19. The van der Waals surface area contributed by atoms with Gasteiger partial charge in [-0.2, -0.15) is 4.98 Å². The molecule has 0 amide bonds. The number of nitrogens with one attached hydrogen (secondary N) is 2. The molecule has 1 aromatic heterocycles. The monoisotopic (exact) mass is 365 g/mol. The van der Waals surface area contributed by atoms with Gasteiger partial charge in [-0.05, 0) is 25.5 Å². The molecular formula is C17H24ClN5O2. The Kier molecular flexibility index (Phi) is 8.21. The molecule has 8 heteroatoms. The van der Waals surface area contributed by atoms with Crippen LogP contribution in [-0.4, -0.2) is 49.5 Å². The molecule has 25 heavy (non-hydrogen) atoms. The maximum atomic E-state index is 5.98. The Morgan fingerprint density at radius 1 is 1.32 bits per heavy atom. The van der Waals surface area contributed by atoms with Gasteiger partial charge in [0.1, 0.15) is 0 Å². The van der Waals surface area contributed by atoms with Crippen LogP contribution in [0, 0.1) is 0 Å². The highest BCUT2D eigenvalue weighted by Gasteiger charge is 2.09. The van der Waals surface area contributed by atoms with Gasteiger partial charge in [-0.25, -0.2) is 0 Å². The first-order valence-electron chi connectivity index (χ1n) is 8.33. The van der Waals surface area contributed by atoms with Crippen LogP contribution in [0.25, 0.3) is 11.4 Å². The average Bonchev–Trinajstić information content (AvgIpc) is 3.09. The van der Waals surface area contributed by atoms with E-state index in [1.54, 1.807) is 7.05 Å². The van der Waals surface area contributed by atoms with Crippen molar-refractivity contribution < 1.29 is 9.26 Å². The standard InChI is InChI=1S/C17H24ClN5O2/c1-3-24-11-5-9-20-17(19-2)21-10-8-15-22-16(23-25-15)13-6-4-7-14(18)12-13/h4,6-7,12H,3,5,8-11H2,1-2H3,(H2,19,20,21). The Morgan fingerprint density at radius 3 is 2.92 bits per heavy atom. The van der Waals surface area contributed by atoms with Crippen molar-refractivity contribution in [2.75, 3.05) is 33.4 Å². The van der Waals surface area contributed by atoms with Crippen LogP contribution >= 0.6 is 11.6 Å². The second-order valence-corrected chi connectivity index (χ2v) is 5.68. The van der Waals surface area contributed by atoms with Gasteiger partial charge >= 0.3 is 0 Å². The fraction of sp³-hybridized carbons (Fsp3) is 0.471. The van der Waals surface area contributed by atoms with E-state index in [4.69, 9.17) is 20.9 Å². The second kappa shape index (κ2) is 10.7. The topological polar surface area (TPSA) is 84.6 Å². The Balaban J connectivity index is 1.74. The van der Waals surface area contributed by atoms with Gasteiger partial charge in [-0.1, -0.05) is 28.9 Å². The molecule has 0 aliphatic rings. The summed E-state index contributed by atoms with van der Waals surface area (Å²) in [7, 11) is 1.74. The summed E-state index contributed by atoms with van der Waals surface area (Å²) in [6.07, 6.45) is 1.54. The first kappa shape index (κ1) is 19.2. The van der Waals surface area contributed by atoms with Crippen molar-refractivity contribution in [3.63, 3.8) is 0 Å². The number of ether oxygens (including phenoxy) is 1. The SMILES string of the molecule is CCOCCCNC(=NC)NCCc1nc(-c2cccc(Cl)c2)no1. The third kappa shape index (κ3) is 6.72. The molecule has 0 bridgehead atoms. The average molecular weight is 366 g/mol. The van der Waals surface area contributed by atoms with E-state index in [0.29, 0.717) is 29.7 Å². The normalized spacial score (nSPS) is 11.6. The molecule has 7 nitrogen and oxygen atoms in total. The molecule has 0 saturated carbocycles. The molecule has 2 N–H and O–H groups in total. The molecule has 1 heterocycles. The van der Waals surface area contributed by atoms with Crippen LogP contribution in [-0.2, 0) is 11.2 Å². The van der Waals surface area contributed by atoms with Crippen molar-refractivity contribution in [1.29, 1.82) is 0 Å². The van der Waals surface area contributed by atoms with Gasteiger partial charge in [-0.3, -0.25) is 4.99 Å². The molecule has 136 valence electrons. The zero-order chi connectivity index (χ0) is 17.9. The highest BCUT2D eigenvalue weighted by atomic mass is 35.5. The third-order valence-electron chi connectivity index (χ3n) is 3.37. The number of aliphatic imine (C=N–C) groups is 1. The van der Waals surface area contributed by atoms with Gasteiger partial charge in [0.05, 0.1) is 0 Å². The zero-order valence-electron chi connectivity index (χ0n) is 14.6. The Labute approximate surface area is 152 Å². The number of nitrogens with zero attached hydrogens (tertiary/aromatic N) is 3. The number of guanidine groups is 1. The lowest BCUT2D eigenvalue weighted by Crippen LogP contribution is -2.39. The van der Waals surface area contributed by atoms with Crippen LogP contribution in [0.3, 0.4) is 0 Å². The molecule has 0 aliphatic heterocycles. The summed E-state index contributed by atoms with van der Waals surface area (Å²) in [5, 5.41) is 11.1. The second-order valence-electron chi connectivity index (χ2n) is 5.25. The van der Waals surface area contributed by atoms with E-state index in [2.05, 4.69) is 25.8 Å². The van der Waals surface area contributed by atoms with Crippen molar-refractivity contribution in [2.24, 2.45) is 4.99 Å². The highest BCUT2D eigenvalue weighted by molar-refractivity contribution is 6.30. The summed E-state index contributed by atoms with van der Waals surface area (Å²) in [5.74, 6) is 1.84. The minimum Gasteiger partial charge on any atom is -0.382 e. The Hall–Kier alpha value is -2.12. The molecular weight excluding hydrogens is 342 g/mol. The van der Waals surface area contributed by atoms with Gasteiger partial charge < -0.3 is 19.9 Å². The first-order chi connectivity index (χ1) is 12.2. The summed E-state index contributed by atoms with van der Waals surface area (Å²) in [6.45, 7) is 4.92. The molecule has 0 saturated heterocycles. The molecule has 0 atom stereocenters. The van der Waals surface area contributed by atoms with Crippen LogP contribution in [0.15, 0.2) is 33.8 Å². The van der Waals surface area contributed by atoms with Crippen molar-refractivity contribution in [2.45, 2.75) is 19.8 Å². The number of rotatable bonds is 9. The van der Waals surface area contributed by atoms with E-state index >= 15 is 0 Å². The lowest BCUT2D eigenvalue weighted by molar-refractivity contribution is 0.145. The Bertz CT molecular complexity index is 675. The molecule has 2 rings (SSSR count). The summed E-state index contributed by atoms with van der Waals surface area (Å²) < 4.78 is 10.6. The first-order valence-corrected chi connectivity index (χ1v) is 8.71. The van der Waals surface area contributed by atoms with Gasteiger partial charge in [-0.15, -0.1) is 0 Å². The van der Waals surface area contributed by atoms with E-state index in [-0.39, 0.29) is 0 Å². The van der Waals surface area contributed by atoms with Gasteiger partial charge in [0.2, 0.25) is 11.7 Å². The zero-order valence-corrected chi connectivity index (χ0v) is 15.3. The van der Waals surface area contributed by atoms with Crippen molar-refractivity contribution in [1.82, 2.24) is 20.8 Å². The van der Waals surface area contributed by atoms with E-state index in [1.807, 2.05) is 31.2 Å². The van der Waals surface area contributed by atoms with Crippen LogP contribution in [0.5, 0.6) is 0 Å². The van der Waals surface area contributed by atoms with E-state index in [0.717, 1.165) is 37.7 Å². The molecule has 1 aromatic carbocycles. The van der Waals surface area contributed by atoms with E-state index in [9.17, 15) is 0 Å². The van der Waals surface area contributed by atoms with Gasteiger partial charge in [0, 0.05) is 50.4 Å². The number of aromatic nitrogens is 2. The fourth-order valence-corrected chi connectivity index (χ4v) is 2.33. The smallest absolute Gasteiger partial charge is 0.228 e. The number of hydrogen-bond donors (Lipinski definition) is 2. The lowest BCUT2D eigenvalue weighted by atomic mass is 10.2. The molecule has 2 aromatic rings. The van der Waals surface area contributed by atoms with Gasteiger partial charge in [0.15, 0.2) is 5.96 Å². The maximum Gasteiger partial charge on any atom is 0.228 e. The minimum atomic E-state index is 0.538. The number of hydrogen-bond acceptors (Lipinski definition) is 5. The summed E-state index contributed by atoms with van der Waals surface area (Å²) >= 11 is 5.98. The van der Waals surface area contributed by atoms with Gasteiger partial charge in [0.25, 0.3) is 0 Å². The predicted molar refractivity (Wildman–Crippen MR) is 98.9 cm³/mol. The van der Waals surface area contributed by atoms with Crippen molar-refractivity contribution >= 4 is 17.6 Å². The number of halogens is 1. The fourth-order valence-electron chi connectivity index (χ4n) is 2.14. The number of benzene rings is 1. The predicted octanol–water partition coefficient (Wildman–Crippen LogP) is 2.52.